The molecule has 2 radical (unpaired) electrons. The zero-order chi connectivity index (χ0) is 6.97. The van der Waals surface area contributed by atoms with Gasteiger partial charge in [-0.3, -0.25) is 0 Å². The molecule has 1 aliphatic carbocycles. The van der Waals surface area contributed by atoms with E-state index in [2.05, 4.69) is 24.3 Å². The molecule has 1 saturated carbocycles. The highest BCUT2D eigenvalue weighted by molar-refractivity contribution is 6.14. The lowest BCUT2D eigenvalue weighted by Crippen LogP contribution is -1.77. The van der Waals surface area contributed by atoms with E-state index in [1.165, 1.54) is 12.0 Å². The minimum Gasteiger partial charge on any atom is -0.0701 e. The largest absolute Gasteiger partial charge is 0.0708 e. The summed E-state index contributed by atoms with van der Waals surface area (Å²) in [7, 11) is 5.70. The highest BCUT2D eigenvalue weighted by Gasteiger charge is 2.32. The van der Waals surface area contributed by atoms with Gasteiger partial charge in [-0.25, -0.2) is 0 Å². The maximum absolute atomic E-state index is 5.70. The maximum Gasteiger partial charge on any atom is 0.0708 e. The van der Waals surface area contributed by atoms with Crippen LogP contribution in [0.15, 0.2) is 30.3 Å². The third-order valence-electron chi connectivity index (χ3n) is 2.07. The van der Waals surface area contributed by atoms with Crippen LogP contribution in [-0.4, -0.2) is 7.85 Å². The molecule has 1 aliphatic rings. The smallest absolute Gasteiger partial charge is 0.0701 e. The molecule has 0 heterocycles. The van der Waals surface area contributed by atoms with Crippen molar-refractivity contribution in [3.8, 4) is 0 Å². The molecule has 48 valence electrons. The molecule has 10 heavy (non-hydrogen) atoms. The van der Waals surface area contributed by atoms with Gasteiger partial charge in [-0.2, -0.15) is 0 Å². The first-order valence-corrected chi connectivity index (χ1v) is 3.68. The Morgan fingerprint density at radius 1 is 1.20 bits per heavy atom. The Balaban J connectivity index is 2.20. The molecule has 0 nitrogen and oxygen atoms in total. The molecular formula is C9H9B. The highest BCUT2D eigenvalue weighted by atomic mass is 14.3. The molecule has 0 aliphatic heterocycles. The van der Waals surface area contributed by atoms with Crippen molar-refractivity contribution in [2.45, 2.75) is 18.2 Å². The van der Waals surface area contributed by atoms with E-state index < -0.39 is 0 Å². The molecule has 0 bridgehead atoms. The first kappa shape index (κ1) is 6.02. The third kappa shape index (κ3) is 0.963. The van der Waals surface area contributed by atoms with Crippen molar-refractivity contribution >= 4 is 7.85 Å². The van der Waals surface area contributed by atoms with E-state index >= 15 is 0 Å². The normalized spacial score (nSPS) is 30.0. The predicted molar refractivity (Wildman–Crippen MR) is 43.3 cm³/mol. The Morgan fingerprint density at radius 3 is 2.30 bits per heavy atom. The Bertz CT molecular complexity index is 217. The lowest BCUT2D eigenvalue weighted by atomic mass is 9.97. The number of benzene rings is 1. The first-order valence-electron chi connectivity index (χ1n) is 3.68. The third-order valence-corrected chi connectivity index (χ3v) is 2.07. The molecule has 2 atom stereocenters. The minimum absolute atomic E-state index is 0.433. The standard InChI is InChI=1S/C9H9B/c10-9-6-8(9)7-4-2-1-3-5-7/h1-5,8-9H,6H2/t8-,9+/m0/s1. The van der Waals surface area contributed by atoms with Crippen LogP contribution in [0.2, 0.25) is 5.82 Å². The molecule has 1 fully saturated rings. The van der Waals surface area contributed by atoms with Crippen LogP contribution < -0.4 is 0 Å². The van der Waals surface area contributed by atoms with E-state index in [1.807, 2.05) is 6.07 Å². The monoisotopic (exact) mass is 128 g/mol. The van der Waals surface area contributed by atoms with Crippen LogP contribution in [0, 0.1) is 0 Å². The number of hydrogen-bond donors (Lipinski definition) is 0. The van der Waals surface area contributed by atoms with Gasteiger partial charge >= 0.3 is 0 Å². The Hall–Kier alpha value is -0.715. The van der Waals surface area contributed by atoms with Gasteiger partial charge in [-0.05, 0) is 11.5 Å². The van der Waals surface area contributed by atoms with E-state index in [0.29, 0.717) is 11.7 Å². The first-order chi connectivity index (χ1) is 4.88. The van der Waals surface area contributed by atoms with Gasteiger partial charge in [0.15, 0.2) is 0 Å². The van der Waals surface area contributed by atoms with Crippen LogP contribution in [0.4, 0.5) is 0 Å². The van der Waals surface area contributed by atoms with Crippen molar-refractivity contribution in [2.24, 2.45) is 0 Å². The van der Waals surface area contributed by atoms with Gasteiger partial charge in [0.25, 0.3) is 0 Å². The lowest BCUT2D eigenvalue weighted by Gasteiger charge is -1.94. The number of hydrogen-bond acceptors (Lipinski definition) is 0. The molecule has 0 saturated heterocycles. The molecular weight excluding hydrogens is 119 g/mol. The van der Waals surface area contributed by atoms with Crippen LogP contribution in [0.3, 0.4) is 0 Å². The Morgan fingerprint density at radius 2 is 1.80 bits per heavy atom. The van der Waals surface area contributed by atoms with Crippen LogP contribution >= 0.6 is 0 Å². The summed E-state index contributed by atoms with van der Waals surface area (Å²) in [6, 6.07) is 10.5. The summed E-state index contributed by atoms with van der Waals surface area (Å²) in [6.45, 7) is 0. The summed E-state index contributed by atoms with van der Waals surface area (Å²) < 4.78 is 0. The fourth-order valence-electron chi connectivity index (χ4n) is 1.30. The Labute approximate surface area is 62.7 Å². The van der Waals surface area contributed by atoms with Crippen molar-refractivity contribution in [2.75, 3.05) is 0 Å². The van der Waals surface area contributed by atoms with Crippen molar-refractivity contribution in [1.82, 2.24) is 0 Å². The average molecular weight is 128 g/mol. The molecule has 0 aromatic heterocycles. The summed E-state index contributed by atoms with van der Waals surface area (Å²) >= 11 is 0. The second kappa shape index (κ2) is 2.15. The van der Waals surface area contributed by atoms with Crippen molar-refractivity contribution < 1.29 is 0 Å². The Kier molecular flexibility index (Phi) is 1.30. The maximum atomic E-state index is 5.70. The molecule has 1 aromatic rings. The van der Waals surface area contributed by atoms with Crippen LogP contribution in [0.25, 0.3) is 0 Å². The quantitative estimate of drug-likeness (QED) is 0.508. The molecule has 2 rings (SSSR count). The van der Waals surface area contributed by atoms with Gasteiger partial charge in [0, 0.05) is 0 Å². The van der Waals surface area contributed by atoms with Gasteiger partial charge in [0.1, 0.15) is 0 Å². The molecule has 1 aromatic carbocycles. The van der Waals surface area contributed by atoms with Gasteiger partial charge in [0.2, 0.25) is 0 Å². The topological polar surface area (TPSA) is 0 Å². The summed E-state index contributed by atoms with van der Waals surface area (Å²) in [5.74, 6) is 1.09. The average Bonchev–Trinajstić information content (AvgIpc) is 2.69. The molecule has 0 amide bonds. The lowest BCUT2D eigenvalue weighted by molar-refractivity contribution is 1.13. The molecule has 0 spiro atoms. The summed E-state index contributed by atoms with van der Waals surface area (Å²) in [4.78, 5) is 0. The molecule has 0 unspecified atom stereocenters. The van der Waals surface area contributed by atoms with Crippen LogP contribution in [0.1, 0.15) is 17.9 Å². The van der Waals surface area contributed by atoms with Crippen molar-refractivity contribution in [3.63, 3.8) is 0 Å². The zero-order valence-electron chi connectivity index (χ0n) is 5.83. The van der Waals surface area contributed by atoms with Gasteiger partial charge < -0.3 is 0 Å². The van der Waals surface area contributed by atoms with Gasteiger partial charge in [-0.15, -0.1) is 0 Å². The van der Waals surface area contributed by atoms with E-state index in [-0.39, 0.29) is 0 Å². The highest BCUT2D eigenvalue weighted by Crippen LogP contribution is 2.50. The van der Waals surface area contributed by atoms with Crippen LogP contribution in [-0.2, 0) is 0 Å². The summed E-state index contributed by atoms with van der Waals surface area (Å²) in [5, 5.41) is 0. The molecule has 1 heteroatoms. The van der Waals surface area contributed by atoms with E-state index in [1.54, 1.807) is 0 Å². The van der Waals surface area contributed by atoms with E-state index in [0.717, 1.165) is 0 Å². The SMILES string of the molecule is [B][C@@H]1C[C@H]1c1ccccc1. The van der Waals surface area contributed by atoms with Gasteiger partial charge in [-0.1, -0.05) is 42.6 Å². The van der Waals surface area contributed by atoms with E-state index in [9.17, 15) is 0 Å². The fourth-order valence-corrected chi connectivity index (χ4v) is 1.30. The zero-order valence-corrected chi connectivity index (χ0v) is 5.83. The van der Waals surface area contributed by atoms with Crippen molar-refractivity contribution in [1.29, 1.82) is 0 Å². The molecule has 0 N–H and O–H groups in total. The minimum atomic E-state index is 0.433. The van der Waals surface area contributed by atoms with Crippen LogP contribution in [0.5, 0.6) is 0 Å². The second-order valence-corrected chi connectivity index (χ2v) is 2.92. The summed E-state index contributed by atoms with van der Waals surface area (Å²) in [6.07, 6.45) is 1.17. The van der Waals surface area contributed by atoms with Gasteiger partial charge in [0.05, 0.1) is 7.85 Å². The number of rotatable bonds is 1. The summed E-state index contributed by atoms with van der Waals surface area (Å²) in [5.41, 5.74) is 1.40. The predicted octanol–water partition coefficient (Wildman–Crippen LogP) is 2.13. The second-order valence-electron chi connectivity index (χ2n) is 2.92. The fraction of sp³-hybridized carbons (Fsp3) is 0.333. The van der Waals surface area contributed by atoms with Crippen molar-refractivity contribution in [3.05, 3.63) is 35.9 Å². The van der Waals surface area contributed by atoms with E-state index in [4.69, 9.17) is 7.85 Å².